The third-order valence-electron chi connectivity index (χ3n) is 5.34. The first-order chi connectivity index (χ1) is 14.7. The molecule has 3 rings (SSSR count). The van der Waals surface area contributed by atoms with Crippen LogP contribution in [0.5, 0.6) is 11.5 Å². The lowest BCUT2D eigenvalue weighted by atomic mass is 10.1. The molecule has 0 radical (unpaired) electrons. The fourth-order valence-electron chi connectivity index (χ4n) is 3.61. The molecule has 1 fully saturated rings. The van der Waals surface area contributed by atoms with Gasteiger partial charge in [-0.05, 0) is 48.6 Å². The second-order valence-corrected chi connectivity index (χ2v) is 7.47. The molecule has 0 aliphatic carbocycles. The molecular weight excluding hydrogens is 380 g/mol. The van der Waals surface area contributed by atoms with E-state index in [2.05, 4.69) is 26.6 Å². The molecular formula is C23H32N4O3. The van der Waals surface area contributed by atoms with Gasteiger partial charge in [0.05, 0.1) is 14.2 Å². The molecule has 1 aromatic heterocycles. The zero-order valence-corrected chi connectivity index (χ0v) is 17.9. The van der Waals surface area contributed by atoms with Crippen LogP contribution >= 0.6 is 0 Å². The van der Waals surface area contributed by atoms with Crippen LogP contribution in [0.25, 0.3) is 0 Å². The van der Waals surface area contributed by atoms with Crippen LogP contribution in [-0.4, -0.2) is 44.9 Å². The van der Waals surface area contributed by atoms with Gasteiger partial charge < -0.3 is 25.0 Å². The number of benzene rings is 1. The van der Waals surface area contributed by atoms with Gasteiger partial charge in [0.2, 0.25) is 0 Å². The first-order valence-electron chi connectivity index (χ1n) is 10.6. The van der Waals surface area contributed by atoms with Crippen LogP contribution in [0.4, 0.5) is 10.6 Å². The molecule has 1 aliphatic heterocycles. The van der Waals surface area contributed by atoms with Gasteiger partial charge >= 0.3 is 6.03 Å². The molecule has 2 aromatic rings. The molecule has 2 amide bonds. The Bertz CT molecular complexity index is 803. The van der Waals surface area contributed by atoms with Crippen molar-refractivity contribution in [2.24, 2.45) is 0 Å². The van der Waals surface area contributed by atoms with Gasteiger partial charge in [-0.25, -0.2) is 9.78 Å². The summed E-state index contributed by atoms with van der Waals surface area (Å²) < 4.78 is 10.6. The average molecular weight is 413 g/mol. The van der Waals surface area contributed by atoms with E-state index in [1.165, 1.54) is 25.7 Å². The number of methoxy groups -OCH3 is 2. The van der Waals surface area contributed by atoms with Crippen LogP contribution < -0.4 is 25.0 Å². The minimum Gasteiger partial charge on any atom is -0.493 e. The summed E-state index contributed by atoms with van der Waals surface area (Å²) >= 11 is 0. The molecule has 1 saturated heterocycles. The fourth-order valence-corrected chi connectivity index (χ4v) is 3.61. The Labute approximate surface area is 178 Å². The molecule has 162 valence electrons. The Balaban J connectivity index is 1.40. The summed E-state index contributed by atoms with van der Waals surface area (Å²) in [6, 6.07) is 9.67. The van der Waals surface area contributed by atoms with Crippen LogP contribution in [0.2, 0.25) is 0 Å². The number of hydrogen-bond acceptors (Lipinski definition) is 5. The van der Waals surface area contributed by atoms with E-state index in [1.807, 2.05) is 30.5 Å². The summed E-state index contributed by atoms with van der Waals surface area (Å²) in [5, 5.41) is 5.77. The number of aromatic nitrogens is 1. The van der Waals surface area contributed by atoms with E-state index in [-0.39, 0.29) is 6.03 Å². The summed E-state index contributed by atoms with van der Waals surface area (Å²) in [5.41, 5.74) is 2.06. The summed E-state index contributed by atoms with van der Waals surface area (Å²) in [6.45, 7) is 3.14. The molecule has 0 atom stereocenters. The summed E-state index contributed by atoms with van der Waals surface area (Å²) in [7, 11) is 3.23. The van der Waals surface area contributed by atoms with E-state index < -0.39 is 0 Å². The van der Waals surface area contributed by atoms with Gasteiger partial charge in [-0.2, -0.15) is 0 Å². The minimum atomic E-state index is -0.188. The van der Waals surface area contributed by atoms with Crippen LogP contribution in [0.1, 0.15) is 36.8 Å². The van der Waals surface area contributed by atoms with Crippen molar-refractivity contribution in [2.75, 3.05) is 38.8 Å². The normalized spacial score (nSPS) is 14.0. The molecule has 1 aromatic carbocycles. The highest BCUT2D eigenvalue weighted by molar-refractivity contribution is 5.73. The number of amides is 2. The summed E-state index contributed by atoms with van der Waals surface area (Å²) in [5.74, 6) is 2.41. The molecule has 7 nitrogen and oxygen atoms in total. The lowest BCUT2D eigenvalue weighted by molar-refractivity contribution is 0.240. The number of carbonyl (C=O) groups is 1. The standard InChI is InChI=1S/C23H32N4O3/c1-29-20-9-7-18(15-21(20)30-2)11-12-24-23(28)26-17-19-8-10-22(25-16-19)27-13-5-3-4-6-14-27/h7-10,15-16H,3-6,11-14,17H2,1-2H3,(H2,24,26,28). The van der Waals surface area contributed by atoms with Crippen molar-refractivity contribution in [3.05, 3.63) is 47.7 Å². The predicted molar refractivity (Wildman–Crippen MR) is 118 cm³/mol. The highest BCUT2D eigenvalue weighted by Crippen LogP contribution is 2.27. The maximum Gasteiger partial charge on any atom is 0.315 e. The Hall–Kier alpha value is -2.96. The second-order valence-electron chi connectivity index (χ2n) is 7.47. The highest BCUT2D eigenvalue weighted by Gasteiger charge is 2.11. The van der Waals surface area contributed by atoms with Crippen LogP contribution in [0, 0.1) is 0 Å². The average Bonchev–Trinajstić information content (AvgIpc) is 3.07. The Morgan fingerprint density at radius 1 is 0.967 bits per heavy atom. The lowest BCUT2D eigenvalue weighted by Crippen LogP contribution is -2.36. The number of pyridine rings is 1. The maximum atomic E-state index is 12.1. The van der Waals surface area contributed by atoms with E-state index in [1.54, 1.807) is 14.2 Å². The lowest BCUT2D eigenvalue weighted by Gasteiger charge is -2.21. The van der Waals surface area contributed by atoms with Crippen molar-refractivity contribution < 1.29 is 14.3 Å². The van der Waals surface area contributed by atoms with Crippen molar-refractivity contribution in [3.63, 3.8) is 0 Å². The van der Waals surface area contributed by atoms with Crippen molar-refractivity contribution in [2.45, 2.75) is 38.6 Å². The molecule has 1 aliphatic rings. The third-order valence-corrected chi connectivity index (χ3v) is 5.34. The topological polar surface area (TPSA) is 75.7 Å². The van der Waals surface area contributed by atoms with Gasteiger partial charge in [0.25, 0.3) is 0 Å². The second kappa shape index (κ2) is 11.3. The van der Waals surface area contributed by atoms with Crippen LogP contribution in [0.3, 0.4) is 0 Å². The predicted octanol–water partition coefficient (Wildman–Crippen LogP) is 3.52. The first kappa shape index (κ1) is 21.7. The van der Waals surface area contributed by atoms with Gasteiger partial charge in [-0.3, -0.25) is 0 Å². The van der Waals surface area contributed by atoms with Gasteiger partial charge in [0.1, 0.15) is 5.82 Å². The van der Waals surface area contributed by atoms with Gasteiger partial charge in [-0.1, -0.05) is 25.0 Å². The third kappa shape index (κ3) is 6.27. The first-order valence-corrected chi connectivity index (χ1v) is 10.6. The molecule has 0 saturated carbocycles. The summed E-state index contributed by atoms with van der Waals surface area (Å²) in [4.78, 5) is 19.0. The van der Waals surface area contributed by atoms with E-state index in [4.69, 9.17) is 9.47 Å². The van der Waals surface area contributed by atoms with E-state index in [9.17, 15) is 4.79 Å². The zero-order valence-electron chi connectivity index (χ0n) is 17.9. The number of carbonyl (C=O) groups excluding carboxylic acids is 1. The molecule has 0 unspecified atom stereocenters. The van der Waals surface area contributed by atoms with E-state index in [0.717, 1.165) is 30.0 Å². The van der Waals surface area contributed by atoms with Gasteiger partial charge in [-0.15, -0.1) is 0 Å². The fraction of sp³-hybridized carbons (Fsp3) is 0.478. The number of rotatable bonds is 8. The number of ether oxygens (including phenoxy) is 2. The van der Waals surface area contributed by atoms with Gasteiger partial charge in [0, 0.05) is 32.4 Å². The molecule has 0 bridgehead atoms. The molecule has 2 heterocycles. The van der Waals surface area contributed by atoms with Gasteiger partial charge in [0.15, 0.2) is 11.5 Å². The maximum absolute atomic E-state index is 12.1. The van der Waals surface area contributed by atoms with Crippen LogP contribution in [-0.2, 0) is 13.0 Å². The zero-order chi connectivity index (χ0) is 21.2. The SMILES string of the molecule is COc1ccc(CCNC(=O)NCc2ccc(N3CCCCCC3)nc2)cc1OC. The monoisotopic (exact) mass is 412 g/mol. The van der Waals surface area contributed by atoms with E-state index >= 15 is 0 Å². The van der Waals surface area contributed by atoms with Crippen molar-refractivity contribution in [1.29, 1.82) is 0 Å². The highest BCUT2D eigenvalue weighted by atomic mass is 16.5. The largest absolute Gasteiger partial charge is 0.493 e. The Morgan fingerprint density at radius 2 is 1.70 bits per heavy atom. The summed E-state index contributed by atoms with van der Waals surface area (Å²) in [6.07, 6.45) is 7.63. The number of nitrogens with zero attached hydrogens (tertiary/aromatic N) is 2. The van der Waals surface area contributed by atoms with E-state index in [0.29, 0.717) is 31.0 Å². The number of nitrogens with one attached hydrogen (secondary N) is 2. The Kier molecular flexibility index (Phi) is 8.18. The quantitative estimate of drug-likeness (QED) is 0.694. The molecule has 0 spiro atoms. The van der Waals surface area contributed by atoms with Crippen molar-refractivity contribution >= 4 is 11.8 Å². The Morgan fingerprint density at radius 3 is 2.37 bits per heavy atom. The number of urea groups is 1. The smallest absolute Gasteiger partial charge is 0.315 e. The van der Waals surface area contributed by atoms with Crippen molar-refractivity contribution in [3.8, 4) is 11.5 Å². The number of anilines is 1. The van der Waals surface area contributed by atoms with Crippen molar-refractivity contribution in [1.82, 2.24) is 15.6 Å². The molecule has 2 N–H and O–H groups in total. The van der Waals surface area contributed by atoms with Crippen LogP contribution in [0.15, 0.2) is 36.5 Å². The minimum absolute atomic E-state index is 0.188. The number of hydrogen-bond donors (Lipinski definition) is 2. The molecule has 30 heavy (non-hydrogen) atoms. The molecule has 7 heteroatoms.